The van der Waals surface area contributed by atoms with Crippen LogP contribution in [0.4, 0.5) is 5.13 Å². The topological polar surface area (TPSA) is 84.3 Å². The standard InChI is InChI=1S/C12H10N4OS/c13-6-11(9-4-2-1-3-5-9)16-17-7-10-8-18-12(14)15-10/h1-5,8H,7H2,(H2,14,15)/b16-11-. The molecule has 0 radical (unpaired) electrons. The van der Waals surface area contributed by atoms with E-state index < -0.39 is 0 Å². The number of nitrogen functional groups attached to an aromatic ring is 1. The third-order valence-electron chi connectivity index (χ3n) is 2.09. The number of oxime groups is 1. The Balaban J connectivity index is 2.02. The first-order chi connectivity index (χ1) is 8.79. The third kappa shape index (κ3) is 3.06. The van der Waals surface area contributed by atoms with Crippen LogP contribution >= 0.6 is 11.3 Å². The molecule has 5 nitrogen and oxygen atoms in total. The highest BCUT2D eigenvalue weighted by molar-refractivity contribution is 7.13. The van der Waals surface area contributed by atoms with Crippen molar-refractivity contribution in [2.24, 2.45) is 5.16 Å². The number of hydrogen-bond acceptors (Lipinski definition) is 6. The minimum absolute atomic E-state index is 0.200. The lowest BCUT2D eigenvalue weighted by Gasteiger charge is -1.98. The van der Waals surface area contributed by atoms with Crippen molar-refractivity contribution in [1.82, 2.24) is 4.98 Å². The number of anilines is 1. The zero-order valence-electron chi connectivity index (χ0n) is 9.41. The van der Waals surface area contributed by atoms with Gasteiger partial charge in [0.25, 0.3) is 0 Å². The van der Waals surface area contributed by atoms with Crippen molar-refractivity contribution in [3.05, 3.63) is 47.0 Å². The quantitative estimate of drug-likeness (QED) is 0.672. The van der Waals surface area contributed by atoms with Crippen LogP contribution in [-0.4, -0.2) is 10.7 Å². The van der Waals surface area contributed by atoms with E-state index in [9.17, 15) is 0 Å². The normalized spacial score (nSPS) is 10.9. The maximum absolute atomic E-state index is 8.99. The molecule has 0 aliphatic carbocycles. The molecular weight excluding hydrogens is 248 g/mol. The predicted molar refractivity (Wildman–Crippen MR) is 69.9 cm³/mol. The Kier molecular flexibility index (Phi) is 3.89. The van der Waals surface area contributed by atoms with Gasteiger partial charge in [-0.3, -0.25) is 0 Å². The number of nitrogens with two attached hydrogens (primary N) is 1. The molecular formula is C12H10N4OS. The van der Waals surface area contributed by atoms with Crippen LogP contribution in [0.1, 0.15) is 11.3 Å². The number of nitriles is 1. The van der Waals surface area contributed by atoms with Crippen LogP contribution in [0.5, 0.6) is 0 Å². The number of thiazole rings is 1. The summed E-state index contributed by atoms with van der Waals surface area (Å²) in [5.74, 6) is 0. The van der Waals surface area contributed by atoms with Gasteiger partial charge in [-0.25, -0.2) is 4.98 Å². The van der Waals surface area contributed by atoms with E-state index >= 15 is 0 Å². The first-order valence-corrected chi connectivity index (χ1v) is 6.03. The van der Waals surface area contributed by atoms with Gasteiger partial charge in [-0.15, -0.1) is 11.3 Å². The summed E-state index contributed by atoms with van der Waals surface area (Å²) in [5.41, 5.74) is 7.15. The van der Waals surface area contributed by atoms with E-state index in [0.717, 1.165) is 5.56 Å². The average molecular weight is 258 g/mol. The van der Waals surface area contributed by atoms with E-state index in [1.54, 1.807) is 17.5 Å². The summed E-state index contributed by atoms with van der Waals surface area (Å²) in [7, 11) is 0. The lowest BCUT2D eigenvalue weighted by molar-refractivity contribution is 0.129. The number of nitrogens with zero attached hydrogens (tertiary/aromatic N) is 3. The smallest absolute Gasteiger partial charge is 0.186 e. The van der Waals surface area contributed by atoms with Crippen LogP contribution in [0.25, 0.3) is 0 Å². The van der Waals surface area contributed by atoms with E-state index in [2.05, 4.69) is 10.1 Å². The Morgan fingerprint density at radius 3 is 2.83 bits per heavy atom. The molecule has 0 atom stereocenters. The van der Waals surface area contributed by atoms with Gasteiger partial charge in [0.15, 0.2) is 17.5 Å². The molecule has 90 valence electrons. The molecule has 2 aromatic rings. The van der Waals surface area contributed by atoms with Gasteiger partial charge in [-0.1, -0.05) is 35.5 Å². The van der Waals surface area contributed by atoms with E-state index in [-0.39, 0.29) is 12.3 Å². The van der Waals surface area contributed by atoms with Gasteiger partial charge in [0.1, 0.15) is 6.07 Å². The second-order valence-corrected chi connectivity index (χ2v) is 4.26. The molecule has 0 spiro atoms. The molecule has 0 saturated heterocycles. The summed E-state index contributed by atoms with van der Waals surface area (Å²) in [5, 5.41) is 15.1. The Hall–Kier alpha value is -2.39. The van der Waals surface area contributed by atoms with Crippen molar-refractivity contribution in [3.8, 4) is 6.07 Å². The highest BCUT2D eigenvalue weighted by Gasteiger charge is 2.03. The van der Waals surface area contributed by atoms with E-state index in [4.69, 9.17) is 15.8 Å². The van der Waals surface area contributed by atoms with Gasteiger partial charge in [-0.05, 0) is 0 Å². The number of hydrogen-bond donors (Lipinski definition) is 1. The van der Waals surface area contributed by atoms with Crippen molar-refractivity contribution in [2.45, 2.75) is 6.61 Å². The van der Waals surface area contributed by atoms with Crippen molar-refractivity contribution in [3.63, 3.8) is 0 Å². The maximum atomic E-state index is 8.99. The Morgan fingerprint density at radius 2 is 2.22 bits per heavy atom. The van der Waals surface area contributed by atoms with Crippen molar-refractivity contribution in [2.75, 3.05) is 5.73 Å². The molecule has 1 aromatic carbocycles. The third-order valence-corrected chi connectivity index (χ3v) is 2.81. The molecule has 0 bridgehead atoms. The summed E-state index contributed by atoms with van der Waals surface area (Å²) in [6, 6.07) is 11.1. The fourth-order valence-electron chi connectivity index (χ4n) is 1.29. The van der Waals surface area contributed by atoms with Gasteiger partial charge >= 0.3 is 0 Å². The van der Waals surface area contributed by atoms with Crippen LogP contribution in [0, 0.1) is 11.3 Å². The minimum Gasteiger partial charge on any atom is -0.388 e. The lowest BCUT2D eigenvalue weighted by Crippen LogP contribution is -1.99. The van der Waals surface area contributed by atoms with Crippen molar-refractivity contribution < 1.29 is 4.84 Å². The Bertz CT molecular complexity index is 586. The average Bonchev–Trinajstić information content (AvgIpc) is 2.81. The van der Waals surface area contributed by atoms with Crippen LogP contribution in [0.3, 0.4) is 0 Å². The predicted octanol–water partition coefficient (Wildman–Crippen LogP) is 2.17. The van der Waals surface area contributed by atoms with E-state index in [1.165, 1.54) is 11.3 Å². The van der Waals surface area contributed by atoms with Crippen LogP contribution in [0.15, 0.2) is 40.9 Å². The molecule has 1 heterocycles. The van der Waals surface area contributed by atoms with Gasteiger partial charge in [0, 0.05) is 10.9 Å². The van der Waals surface area contributed by atoms with Gasteiger partial charge < -0.3 is 10.6 Å². The fourth-order valence-corrected chi connectivity index (χ4v) is 1.83. The van der Waals surface area contributed by atoms with Crippen LogP contribution in [0.2, 0.25) is 0 Å². The summed E-state index contributed by atoms with van der Waals surface area (Å²) in [6.45, 7) is 0.200. The number of aromatic nitrogens is 1. The zero-order chi connectivity index (χ0) is 12.8. The molecule has 2 N–H and O–H groups in total. The first-order valence-electron chi connectivity index (χ1n) is 5.15. The zero-order valence-corrected chi connectivity index (χ0v) is 10.2. The molecule has 0 saturated carbocycles. The number of rotatable bonds is 4. The van der Waals surface area contributed by atoms with Crippen molar-refractivity contribution in [1.29, 1.82) is 5.26 Å². The molecule has 1 aromatic heterocycles. The first kappa shape index (κ1) is 12.1. The van der Waals surface area contributed by atoms with Crippen LogP contribution < -0.4 is 5.73 Å². The molecule has 6 heteroatoms. The SMILES string of the molecule is N#C/C(=N/OCc1csc(N)n1)c1ccccc1. The molecule has 0 aliphatic heterocycles. The summed E-state index contributed by atoms with van der Waals surface area (Å²) in [4.78, 5) is 9.12. The monoisotopic (exact) mass is 258 g/mol. The Morgan fingerprint density at radius 1 is 1.44 bits per heavy atom. The molecule has 18 heavy (non-hydrogen) atoms. The maximum Gasteiger partial charge on any atom is 0.186 e. The summed E-state index contributed by atoms with van der Waals surface area (Å²) in [6.07, 6.45) is 0. The van der Waals surface area contributed by atoms with Gasteiger partial charge in [0.2, 0.25) is 0 Å². The largest absolute Gasteiger partial charge is 0.388 e. The highest BCUT2D eigenvalue weighted by Crippen LogP contribution is 2.12. The molecule has 2 rings (SSSR count). The summed E-state index contributed by atoms with van der Waals surface area (Å²) < 4.78 is 0. The highest BCUT2D eigenvalue weighted by atomic mass is 32.1. The molecule has 0 fully saturated rings. The lowest BCUT2D eigenvalue weighted by atomic mass is 10.1. The second-order valence-electron chi connectivity index (χ2n) is 3.37. The van der Waals surface area contributed by atoms with Crippen molar-refractivity contribution >= 4 is 22.2 Å². The second kappa shape index (κ2) is 5.80. The van der Waals surface area contributed by atoms with Gasteiger partial charge in [0.05, 0.1) is 5.69 Å². The van der Waals surface area contributed by atoms with E-state index in [0.29, 0.717) is 10.8 Å². The van der Waals surface area contributed by atoms with Gasteiger partial charge in [-0.2, -0.15) is 5.26 Å². The fraction of sp³-hybridized carbons (Fsp3) is 0.0833. The van der Waals surface area contributed by atoms with Crippen LogP contribution in [-0.2, 0) is 11.4 Å². The Labute approximate surface area is 108 Å². The molecule has 0 aliphatic rings. The molecule has 0 unspecified atom stereocenters. The molecule has 0 amide bonds. The minimum atomic E-state index is 0.200. The summed E-state index contributed by atoms with van der Waals surface area (Å²) >= 11 is 1.34. The van der Waals surface area contributed by atoms with E-state index in [1.807, 2.05) is 24.3 Å². The number of benzene rings is 1.